The van der Waals surface area contributed by atoms with Crippen LogP contribution in [-0.4, -0.2) is 11.5 Å². The molecule has 5 heteroatoms. The number of hydrogen-bond donors (Lipinski definition) is 2. The molecule has 112 valence electrons. The molecule has 3 N–H and O–H groups in total. The van der Waals surface area contributed by atoms with Gasteiger partial charge in [0, 0.05) is 22.3 Å². The van der Waals surface area contributed by atoms with Gasteiger partial charge < -0.3 is 11.1 Å². The highest BCUT2D eigenvalue weighted by molar-refractivity contribution is 6.30. The molecule has 1 heterocycles. The van der Waals surface area contributed by atoms with Gasteiger partial charge in [0.1, 0.15) is 11.6 Å². The van der Waals surface area contributed by atoms with Gasteiger partial charge in [0.05, 0.1) is 6.04 Å². The van der Waals surface area contributed by atoms with E-state index in [2.05, 4.69) is 17.2 Å². The second kappa shape index (κ2) is 6.87. The van der Waals surface area contributed by atoms with E-state index >= 15 is 0 Å². The molecule has 2 aromatic rings. The summed E-state index contributed by atoms with van der Waals surface area (Å²) in [5, 5.41) is 3.70. The molecule has 0 bridgehead atoms. The highest BCUT2D eigenvalue weighted by Crippen LogP contribution is 2.29. The summed E-state index contributed by atoms with van der Waals surface area (Å²) < 4.78 is 14.3. The average Bonchev–Trinajstić information content (AvgIpc) is 2.44. The molecule has 1 aromatic heterocycles. The molecule has 21 heavy (non-hydrogen) atoms. The largest absolute Gasteiger partial charge is 0.383 e. The Hall–Kier alpha value is -1.65. The van der Waals surface area contributed by atoms with Crippen molar-refractivity contribution in [2.24, 2.45) is 0 Å². The highest BCUT2D eigenvalue weighted by atomic mass is 35.5. The Morgan fingerprint density at radius 2 is 2.10 bits per heavy atom. The zero-order chi connectivity index (χ0) is 15.4. The molecule has 0 fully saturated rings. The van der Waals surface area contributed by atoms with Crippen molar-refractivity contribution in [2.45, 2.75) is 26.3 Å². The third kappa shape index (κ3) is 3.71. The topological polar surface area (TPSA) is 50.9 Å². The molecule has 0 aliphatic heterocycles. The Morgan fingerprint density at radius 1 is 1.33 bits per heavy atom. The summed E-state index contributed by atoms with van der Waals surface area (Å²) >= 11 is 5.83. The molecule has 0 radical (unpaired) electrons. The summed E-state index contributed by atoms with van der Waals surface area (Å²) in [7, 11) is 0. The van der Waals surface area contributed by atoms with Crippen molar-refractivity contribution in [1.29, 1.82) is 0 Å². The van der Waals surface area contributed by atoms with Crippen LogP contribution < -0.4 is 11.1 Å². The molecule has 0 amide bonds. The van der Waals surface area contributed by atoms with Crippen LogP contribution >= 0.6 is 11.6 Å². The summed E-state index contributed by atoms with van der Waals surface area (Å²) in [6.45, 7) is 4.74. The van der Waals surface area contributed by atoms with E-state index in [1.54, 1.807) is 18.3 Å². The molecule has 1 aromatic carbocycles. The molecule has 0 aliphatic rings. The van der Waals surface area contributed by atoms with Crippen molar-refractivity contribution in [1.82, 2.24) is 10.3 Å². The number of anilines is 1. The summed E-state index contributed by atoms with van der Waals surface area (Å²) in [5.41, 5.74) is 8.27. The van der Waals surface area contributed by atoms with E-state index in [1.807, 2.05) is 13.0 Å². The Labute approximate surface area is 129 Å². The minimum Gasteiger partial charge on any atom is -0.383 e. The van der Waals surface area contributed by atoms with Crippen molar-refractivity contribution in [3.63, 3.8) is 0 Å². The number of nitrogens with one attached hydrogen (secondary N) is 1. The van der Waals surface area contributed by atoms with Crippen molar-refractivity contribution >= 4 is 17.4 Å². The number of halogens is 2. The minimum atomic E-state index is -0.350. The molecular weight excluding hydrogens is 289 g/mol. The third-order valence-corrected chi connectivity index (χ3v) is 3.50. The fourth-order valence-corrected chi connectivity index (χ4v) is 2.40. The van der Waals surface area contributed by atoms with E-state index < -0.39 is 0 Å². The van der Waals surface area contributed by atoms with Crippen LogP contribution in [-0.2, 0) is 0 Å². The van der Waals surface area contributed by atoms with Crippen molar-refractivity contribution in [2.75, 3.05) is 12.3 Å². The number of aromatic nitrogens is 1. The van der Waals surface area contributed by atoms with Crippen molar-refractivity contribution in [3.8, 4) is 0 Å². The maximum absolute atomic E-state index is 14.3. The first-order chi connectivity index (χ1) is 10.0. The second-order valence-electron chi connectivity index (χ2n) is 5.04. The zero-order valence-electron chi connectivity index (χ0n) is 12.2. The monoisotopic (exact) mass is 307 g/mol. The predicted octanol–water partition coefficient (Wildman–Crippen LogP) is 3.85. The van der Waals surface area contributed by atoms with Gasteiger partial charge in [-0.05, 0) is 43.7 Å². The predicted molar refractivity (Wildman–Crippen MR) is 84.9 cm³/mol. The molecule has 0 spiro atoms. The highest BCUT2D eigenvalue weighted by Gasteiger charge is 2.20. The lowest BCUT2D eigenvalue weighted by molar-refractivity contribution is 0.546. The van der Waals surface area contributed by atoms with Crippen LogP contribution in [0.4, 0.5) is 10.2 Å². The Morgan fingerprint density at radius 3 is 2.76 bits per heavy atom. The van der Waals surface area contributed by atoms with E-state index in [-0.39, 0.29) is 11.9 Å². The van der Waals surface area contributed by atoms with Gasteiger partial charge in [-0.15, -0.1) is 0 Å². The number of nitrogens with zero attached hydrogens (tertiary/aromatic N) is 1. The number of nitrogen functional groups attached to an aromatic ring is 1. The fraction of sp³-hybridized carbons (Fsp3) is 0.312. The number of aryl methyl sites for hydroxylation is 1. The van der Waals surface area contributed by atoms with Gasteiger partial charge in [-0.2, -0.15) is 0 Å². The number of pyridine rings is 1. The first kappa shape index (κ1) is 15.7. The van der Waals surface area contributed by atoms with E-state index in [4.69, 9.17) is 17.3 Å². The molecule has 0 aliphatic carbocycles. The summed E-state index contributed by atoms with van der Waals surface area (Å²) in [5.74, 6) is 0.0561. The quantitative estimate of drug-likeness (QED) is 0.882. The lowest BCUT2D eigenvalue weighted by Crippen LogP contribution is -2.25. The van der Waals surface area contributed by atoms with Crippen LogP contribution in [0.25, 0.3) is 0 Å². The molecule has 3 nitrogen and oxygen atoms in total. The smallest absolute Gasteiger partial charge is 0.129 e. The van der Waals surface area contributed by atoms with E-state index in [0.29, 0.717) is 16.4 Å². The molecular formula is C16H19ClFN3. The third-order valence-electron chi connectivity index (χ3n) is 3.27. The lowest BCUT2D eigenvalue weighted by atomic mass is 9.97. The number of nitrogens with two attached hydrogens (primary N) is 1. The van der Waals surface area contributed by atoms with Crippen molar-refractivity contribution < 1.29 is 4.39 Å². The molecule has 0 saturated carbocycles. The van der Waals surface area contributed by atoms with Gasteiger partial charge in [0.2, 0.25) is 0 Å². The normalized spacial score (nSPS) is 12.4. The first-order valence-electron chi connectivity index (χ1n) is 6.93. The summed E-state index contributed by atoms with van der Waals surface area (Å²) in [6.07, 6.45) is 2.64. The number of rotatable bonds is 5. The Balaban J connectivity index is 2.49. The second-order valence-corrected chi connectivity index (χ2v) is 5.48. The Bertz CT molecular complexity index is 631. The molecule has 0 saturated heterocycles. The van der Waals surface area contributed by atoms with Crippen LogP contribution in [0.3, 0.4) is 0 Å². The minimum absolute atomic E-state index is 0.338. The van der Waals surface area contributed by atoms with Crippen LogP contribution in [0, 0.1) is 12.7 Å². The molecule has 2 rings (SSSR count). The standard InChI is InChI=1S/C16H19ClFN3/c1-3-6-20-15(12-5-4-11(17)8-14(12)18)13-7-10(2)9-21-16(13)19/h4-5,7-9,15,20H,3,6H2,1-2H3,(H2,19,21). The number of benzene rings is 1. The van der Waals surface area contributed by atoms with Crippen molar-refractivity contribution in [3.05, 3.63) is 58.0 Å². The lowest BCUT2D eigenvalue weighted by Gasteiger charge is -2.21. The summed E-state index contributed by atoms with van der Waals surface area (Å²) in [4.78, 5) is 4.17. The fourth-order valence-electron chi connectivity index (χ4n) is 2.25. The summed E-state index contributed by atoms with van der Waals surface area (Å²) in [6, 6.07) is 6.28. The first-order valence-corrected chi connectivity index (χ1v) is 7.31. The van der Waals surface area contributed by atoms with Gasteiger partial charge in [-0.1, -0.05) is 24.6 Å². The van der Waals surface area contributed by atoms with E-state index in [0.717, 1.165) is 24.1 Å². The van der Waals surface area contributed by atoms with Gasteiger partial charge in [-0.3, -0.25) is 0 Å². The van der Waals surface area contributed by atoms with Crippen LogP contribution in [0.2, 0.25) is 5.02 Å². The van der Waals surface area contributed by atoms with Crippen LogP contribution in [0.5, 0.6) is 0 Å². The SMILES string of the molecule is CCCNC(c1ccc(Cl)cc1F)c1cc(C)cnc1N. The molecule has 1 atom stereocenters. The maximum Gasteiger partial charge on any atom is 0.129 e. The van der Waals surface area contributed by atoms with Gasteiger partial charge in [0.25, 0.3) is 0 Å². The van der Waals surface area contributed by atoms with Crippen LogP contribution in [0.15, 0.2) is 30.5 Å². The average molecular weight is 308 g/mol. The van der Waals surface area contributed by atoms with E-state index in [1.165, 1.54) is 6.07 Å². The zero-order valence-corrected chi connectivity index (χ0v) is 12.9. The Kier molecular flexibility index (Phi) is 5.15. The van der Waals surface area contributed by atoms with Crippen LogP contribution in [0.1, 0.15) is 36.1 Å². The molecule has 1 unspecified atom stereocenters. The number of hydrogen-bond acceptors (Lipinski definition) is 3. The maximum atomic E-state index is 14.3. The van der Waals surface area contributed by atoms with E-state index in [9.17, 15) is 4.39 Å². The van der Waals surface area contributed by atoms with Gasteiger partial charge >= 0.3 is 0 Å². The van der Waals surface area contributed by atoms with Gasteiger partial charge in [0.15, 0.2) is 0 Å². The van der Waals surface area contributed by atoms with Gasteiger partial charge in [-0.25, -0.2) is 9.37 Å².